The van der Waals surface area contributed by atoms with Gasteiger partial charge in [-0.2, -0.15) is 5.10 Å². The summed E-state index contributed by atoms with van der Waals surface area (Å²) in [7, 11) is 0. The van der Waals surface area contributed by atoms with Crippen molar-refractivity contribution in [2.75, 3.05) is 5.32 Å². The van der Waals surface area contributed by atoms with Crippen molar-refractivity contribution in [3.63, 3.8) is 0 Å². The molecule has 8 nitrogen and oxygen atoms in total. The Labute approximate surface area is 210 Å². The third-order valence-electron chi connectivity index (χ3n) is 5.23. The molecule has 2 N–H and O–H groups in total. The molecule has 0 aliphatic rings. The maximum atomic E-state index is 15.4. The SMILES string of the molecule is CC(=O)Nc1cn2nc(-c3ccc(F)c(C(=O)N[C@@H](C)c4cc(OC(F)(F)F)ccc4F)c3F)ccc2n1. The highest BCUT2D eigenvalue weighted by Crippen LogP contribution is 2.29. The minimum absolute atomic E-state index is 0.00748. The van der Waals surface area contributed by atoms with Crippen LogP contribution in [0.2, 0.25) is 0 Å². The van der Waals surface area contributed by atoms with Crippen LogP contribution in [0.1, 0.15) is 35.8 Å². The molecule has 0 aliphatic heterocycles. The van der Waals surface area contributed by atoms with Gasteiger partial charge in [-0.15, -0.1) is 13.2 Å². The number of rotatable bonds is 6. The third kappa shape index (κ3) is 5.68. The normalized spacial score (nSPS) is 12.3. The number of aromatic nitrogens is 3. The van der Waals surface area contributed by atoms with Crippen LogP contribution in [0.4, 0.5) is 32.2 Å². The van der Waals surface area contributed by atoms with Gasteiger partial charge in [-0.3, -0.25) is 9.59 Å². The molecular weight excluding hydrogens is 520 g/mol. The van der Waals surface area contributed by atoms with Crippen molar-refractivity contribution < 1.29 is 40.7 Å². The Balaban J connectivity index is 1.63. The standard InChI is InChI=1S/C24H17F6N5O3/c1-11(15-9-13(3-5-16(15)25)38-24(28,29)30)31-23(37)21-17(26)6-4-14(22(21)27)18-7-8-20-33-19(32-12(2)36)10-35(20)34-18/h3-11H,1-2H3,(H,31,37)(H,32,36)/t11-/m0/s1. The predicted octanol–water partition coefficient (Wildman–Crippen LogP) is 5.16. The Morgan fingerprint density at radius 3 is 2.42 bits per heavy atom. The molecule has 0 spiro atoms. The lowest BCUT2D eigenvalue weighted by molar-refractivity contribution is -0.274. The van der Waals surface area contributed by atoms with Crippen molar-refractivity contribution in [3.8, 4) is 17.0 Å². The van der Waals surface area contributed by atoms with E-state index in [2.05, 4.69) is 25.5 Å². The first-order valence-electron chi connectivity index (χ1n) is 10.8. The first-order chi connectivity index (χ1) is 17.8. The van der Waals surface area contributed by atoms with Crippen molar-refractivity contribution in [2.24, 2.45) is 0 Å². The van der Waals surface area contributed by atoms with Gasteiger partial charge in [0.1, 0.15) is 28.8 Å². The number of nitrogens with zero attached hydrogens (tertiary/aromatic N) is 3. The fourth-order valence-electron chi connectivity index (χ4n) is 3.62. The van der Waals surface area contributed by atoms with Gasteiger partial charge in [-0.1, -0.05) is 0 Å². The maximum Gasteiger partial charge on any atom is 0.573 e. The summed E-state index contributed by atoms with van der Waals surface area (Å²) in [5.41, 5.74) is -1.37. The summed E-state index contributed by atoms with van der Waals surface area (Å²) in [5, 5.41) is 8.83. The van der Waals surface area contributed by atoms with Crippen LogP contribution in [-0.2, 0) is 4.79 Å². The van der Waals surface area contributed by atoms with Gasteiger partial charge in [0.05, 0.1) is 17.9 Å². The first kappa shape index (κ1) is 26.4. The van der Waals surface area contributed by atoms with Crippen LogP contribution >= 0.6 is 0 Å². The van der Waals surface area contributed by atoms with Gasteiger partial charge in [0.25, 0.3) is 5.91 Å². The number of imidazole rings is 1. The topological polar surface area (TPSA) is 97.6 Å². The molecule has 0 fully saturated rings. The van der Waals surface area contributed by atoms with E-state index < -0.39 is 52.6 Å². The van der Waals surface area contributed by atoms with E-state index in [0.717, 1.165) is 24.3 Å². The van der Waals surface area contributed by atoms with E-state index in [1.54, 1.807) is 0 Å². The minimum Gasteiger partial charge on any atom is -0.406 e. The number of anilines is 1. The number of fused-ring (bicyclic) bond motifs is 1. The van der Waals surface area contributed by atoms with Crippen LogP contribution in [0, 0.1) is 17.5 Å². The Hall–Kier alpha value is -4.62. The molecule has 0 bridgehead atoms. The highest BCUT2D eigenvalue weighted by Gasteiger charge is 2.32. The van der Waals surface area contributed by atoms with E-state index in [0.29, 0.717) is 11.7 Å². The lowest BCUT2D eigenvalue weighted by Crippen LogP contribution is -2.29. The predicted molar refractivity (Wildman–Crippen MR) is 122 cm³/mol. The van der Waals surface area contributed by atoms with E-state index in [-0.39, 0.29) is 23.0 Å². The molecule has 4 aromatic rings. The molecule has 0 saturated heterocycles. The average molecular weight is 537 g/mol. The van der Waals surface area contributed by atoms with Crippen LogP contribution in [0.5, 0.6) is 5.75 Å². The third-order valence-corrected chi connectivity index (χ3v) is 5.23. The highest BCUT2D eigenvalue weighted by molar-refractivity contribution is 5.96. The first-order valence-corrected chi connectivity index (χ1v) is 10.8. The molecule has 2 aromatic heterocycles. The Bertz CT molecular complexity index is 1550. The van der Waals surface area contributed by atoms with E-state index >= 15 is 4.39 Å². The van der Waals surface area contributed by atoms with E-state index in [9.17, 15) is 31.5 Å². The summed E-state index contributed by atoms with van der Waals surface area (Å²) in [5.74, 6) is -5.70. The number of benzene rings is 2. The van der Waals surface area contributed by atoms with E-state index in [1.165, 1.54) is 36.7 Å². The maximum absolute atomic E-state index is 15.4. The monoisotopic (exact) mass is 537 g/mol. The van der Waals surface area contributed by atoms with Crippen molar-refractivity contribution in [2.45, 2.75) is 26.3 Å². The number of hydrogen-bond acceptors (Lipinski definition) is 5. The largest absolute Gasteiger partial charge is 0.573 e. The highest BCUT2D eigenvalue weighted by atomic mass is 19.4. The summed E-state index contributed by atoms with van der Waals surface area (Å²) >= 11 is 0. The second-order valence-electron chi connectivity index (χ2n) is 8.04. The molecule has 38 heavy (non-hydrogen) atoms. The number of alkyl halides is 3. The van der Waals surface area contributed by atoms with Gasteiger partial charge < -0.3 is 15.4 Å². The number of hydrogen-bond donors (Lipinski definition) is 2. The van der Waals surface area contributed by atoms with Crippen LogP contribution in [-0.4, -0.2) is 32.8 Å². The summed E-state index contributed by atoms with van der Waals surface area (Å²) < 4.78 is 86.8. The van der Waals surface area contributed by atoms with Crippen molar-refractivity contribution in [1.82, 2.24) is 19.9 Å². The Morgan fingerprint density at radius 1 is 1.03 bits per heavy atom. The zero-order chi connectivity index (χ0) is 27.8. The molecule has 2 aromatic carbocycles. The van der Waals surface area contributed by atoms with Gasteiger partial charge in [0.15, 0.2) is 11.5 Å². The summed E-state index contributed by atoms with van der Waals surface area (Å²) in [6, 6.07) is 5.58. The second-order valence-corrected chi connectivity index (χ2v) is 8.04. The molecule has 0 radical (unpaired) electrons. The minimum atomic E-state index is -5.03. The van der Waals surface area contributed by atoms with Gasteiger partial charge in [0.2, 0.25) is 5.91 Å². The summed E-state index contributed by atoms with van der Waals surface area (Å²) in [6.45, 7) is 2.50. The fraction of sp³-hybridized carbons (Fsp3) is 0.167. The van der Waals surface area contributed by atoms with E-state index in [1.807, 2.05) is 0 Å². The van der Waals surface area contributed by atoms with Crippen LogP contribution < -0.4 is 15.4 Å². The number of amides is 2. The molecule has 198 valence electrons. The van der Waals surface area contributed by atoms with Gasteiger partial charge in [0, 0.05) is 18.1 Å². The number of nitrogens with one attached hydrogen (secondary N) is 2. The molecule has 4 rings (SSSR count). The summed E-state index contributed by atoms with van der Waals surface area (Å²) in [6.07, 6.45) is -3.67. The number of ether oxygens (including phenoxy) is 1. The molecule has 0 aliphatic carbocycles. The molecule has 2 heterocycles. The molecule has 2 amide bonds. The Morgan fingerprint density at radius 2 is 1.74 bits per heavy atom. The molecule has 14 heteroatoms. The van der Waals surface area contributed by atoms with Crippen LogP contribution in [0.3, 0.4) is 0 Å². The number of carbonyl (C=O) groups is 2. The average Bonchev–Trinajstić information content (AvgIpc) is 3.20. The van der Waals surface area contributed by atoms with Crippen molar-refractivity contribution >= 4 is 23.3 Å². The lowest BCUT2D eigenvalue weighted by atomic mass is 10.0. The molecule has 1 atom stereocenters. The van der Waals surface area contributed by atoms with Crippen molar-refractivity contribution in [3.05, 3.63) is 77.2 Å². The molecular formula is C24H17F6N5O3. The van der Waals surface area contributed by atoms with E-state index in [4.69, 9.17) is 0 Å². The molecule has 0 unspecified atom stereocenters. The second kappa shape index (κ2) is 10.0. The lowest BCUT2D eigenvalue weighted by Gasteiger charge is -2.18. The number of carbonyl (C=O) groups excluding carboxylic acids is 2. The van der Waals surface area contributed by atoms with Crippen LogP contribution in [0.15, 0.2) is 48.7 Å². The van der Waals surface area contributed by atoms with Crippen LogP contribution in [0.25, 0.3) is 16.9 Å². The fourth-order valence-corrected chi connectivity index (χ4v) is 3.62. The van der Waals surface area contributed by atoms with Gasteiger partial charge in [-0.05, 0) is 49.4 Å². The number of halogens is 6. The van der Waals surface area contributed by atoms with Crippen molar-refractivity contribution in [1.29, 1.82) is 0 Å². The van der Waals surface area contributed by atoms with Gasteiger partial charge in [-0.25, -0.2) is 22.7 Å². The Kier molecular flexibility index (Phi) is 6.98. The molecule has 0 saturated carbocycles. The summed E-state index contributed by atoms with van der Waals surface area (Å²) in [4.78, 5) is 28.1. The van der Waals surface area contributed by atoms with Gasteiger partial charge >= 0.3 is 6.36 Å². The smallest absolute Gasteiger partial charge is 0.406 e. The quantitative estimate of drug-likeness (QED) is 0.331. The zero-order valence-corrected chi connectivity index (χ0v) is 19.5. The zero-order valence-electron chi connectivity index (χ0n) is 19.5.